The summed E-state index contributed by atoms with van der Waals surface area (Å²) in [5.74, 6) is -0.910. The molecule has 0 unspecified atom stereocenters. The summed E-state index contributed by atoms with van der Waals surface area (Å²) in [5, 5.41) is 0. The third-order valence-corrected chi connectivity index (χ3v) is 1.60. The summed E-state index contributed by atoms with van der Waals surface area (Å²) >= 11 is 0. The SMILES string of the molecule is COCc1cc(F)cc(C(F)(F)F)c1. The summed E-state index contributed by atoms with van der Waals surface area (Å²) in [4.78, 5) is 0. The van der Waals surface area contributed by atoms with Crippen molar-refractivity contribution >= 4 is 0 Å². The van der Waals surface area contributed by atoms with Gasteiger partial charge in [0.05, 0.1) is 12.2 Å². The Morgan fingerprint density at radius 1 is 1.21 bits per heavy atom. The van der Waals surface area contributed by atoms with Gasteiger partial charge in [-0.1, -0.05) is 0 Å². The third kappa shape index (κ3) is 2.70. The van der Waals surface area contributed by atoms with Crippen LogP contribution in [0, 0.1) is 5.82 Å². The summed E-state index contributed by atoms with van der Waals surface area (Å²) in [5.41, 5.74) is -0.829. The van der Waals surface area contributed by atoms with Gasteiger partial charge in [0.25, 0.3) is 0 Å². The van der Waals surface area contributed by atoms with Crippen molar-refractivity contribution in [1.29, 1.82) is 0 Å². The van der Waals surface area contributed by atoms with Crippen molar-refractivity contribution in [2.24, 2.45) is 0 Å². The van der Waals surface area contributed by atoms with Gasteiger partial charge in [-0.3, -0.25) is 0 Å². The van der Waals surface area contributed by atoms with E-state index in [1.165, 1.54) is 7.11 Å². The molecule has 0 N–H and O–H groups in total. The molecule has 1 nitrogen and oxygen atoms in total. The fourth-order valence-electron chi connectivity index (χ4n) is 1.06. The standard InChI is InChI=1S/C9H8F4O/c1-14-5-6-2-7(9(11,12)13)4-8(10)3-6/h2-4H,5H2,1H3. The summed E-state index contributed by atoms with van der Waals surface area (Å²) < 4.78 is 53.9. The highest BCUT2D eigenvalue weighted by Gasteiger charge is 2.31. The minimum absolute atomic E-state index is 0.0408. The zero-order valence-corrected chi connectivity index (χ0v) is 7.36. The topological polar surface area (TPSA) is 9.23 Å². The highest BCUT2D eigenvalue weighted by Crippen LogP contribution is 2.30. The molecule has 0 saturated heterocycles. The molecule has 1 rings (SSSR count). The molecule has 1 aromatic rings. The number of alkyl halides is 3. The molecule has 1 aromatic carbocycles. The maximum atomic E-state index is 12.7. The molecule has 78 valence electrons. The van der Waals surface area contributed by atoms with Crippen LogP contribution in [-0.2, 0) is 17.5 Å². The average molecular weight is 208 g/mol. The van der Waals surface area contributed by atoms with Crippen LogP contribution in [0.1, 0.15) is 11.1 Å². The van der Waals surface area contributed by atoms with Gasteiger partial charge in [-0.2, -0.15) is 13.2 Å². The van der Waals surface area contributed by atoms with Gasteiger partial charge in [0.1, 0.15) is 5.82 Å². The Bertz CT molecular complexity index is 319. The molecule has 0 bridgehead atoms. The number of hydrogen-bond donors (Lipinski definition) is 0. The van der Waals surface area contributed by atoms with Crippen LogP contribution in [0.3, 0.4) is 0 Å². The molecule has 0 fully saturated rings. The number of benzene rings is 1. The van der Waals surface area contributed by atoms with E-state index in [0.717, 1.165) is 12.1 Å². The Morgan fingerprint density at radius 3 is 2.36 bits per heavy atom. The van der Waals surface area contributed by atoms with E-state index in [1.807, 2.05) is 0 Å². The maximum absolute atomic E-state index is 12.7. The predicted molar refractivity (Wildman–Crippen MR) is 42.1 cm³/mol. The molecule has 0 aliphatic heterocycles. The predicted octanol–water partition coefficient (Wildman–Crippen LogP) is 2.99. The van der Waals surface area contributed by atoms with E-state index in [1.54, 1.807) is 0 Å². The third-order valence-electron chi connectivity index (χ3n) is 1.60. The van der Waals surface area contributed by atoms with E-state index in [-0.39, 0.29) is 12.2 Å². The Hall–Kier alpha value is -1.10. The van der Waals surface area contributed by atoms with Crippen LogP contribution in [-0.4, -0.2) is 7.11 Å². The Balaban J connectivity index is 3.07. The lowest BCUT2D eigenvalue weighted by Gasteiger charge is -2.08. The number of hydrogen-bond acceptors (Lipinski definition) is 1. The van der Waals surface area contributed by atoms with Gasteiger partial charge in [0.15, 0.2) is 0 Å². The van der Waals surface area contributed by atoms with Crippen LogP contribution >= 0.6 is 0 Å². The van der Waals surface area contributed by atoms with Gasteiger partial charge < -0.3 is 4.74 Å². The molecule has 0 amide bonds. The molecular weight excluding hydrogens is 200 g/mol. The molecular formula is C9H8F4O. The smallest absolute Gasteiger partial charge is 0.380 e. The monoisotopic (exact) mass is 208 g/mol. The first-order valence-electron chi connectivity index (χ1n) is 3.79. The number of ether oxygens (including phenoxy) is 1. The van der Waals surface area contributed by atoms with Gasteiger partial charge >= 0.3 is 6.18 Å². The van der Waals surface area contributed by atoms with Gasteiger partial charge in [0, 0.05) is 7.11 Å². The highest BCUT2D eigenvalue weighted by atomic mass is 19.4. The van der Waals surface area contributed by atoms with E-state index in [0.29, 0.717) is 6.07 Å². The van der Waals surface area contributed by atoms with Crippen LogP contribution in [0.25, 0.3) is 0 Å². The Labute approximate surface area is 78.3 Å². The van der Waals surface area contributed by atoms with Crippen molar-refractivity contribution in [3.05, 3.63) is 35.1 Å². The lowest BCUT2D eigenvalue weighted by atomic mass is 10.1. The fraction of sp³-hybridized carbons (Fsp3) is 0.333. The van der Waals surface area contributed by atoms with Crippen molar-refractivity contribution in [3.8, 4) is 0 Å². The maximum Gasteiger partial charge on any atom is 0.416 e. The normalized spacial score (nSPS) is 11.8. The van der Waals surface area contributed by atoms with E-state index in [4.69, 9.17) is 0 Å². The Morgan fingerprint density at radius 2 is 1.86 bits per heavy atom. The van der Waals surface area contributed by atoms with E-state index in [9.17, 15) is 17.6 Å². The molecule has 14 heavy (non-hydrogen) atoms. The lowest BCUT2D eigenvalue weighted by molar-refractivity contribution is -0.137. The first kappa shape index (κ1) is 11.0. The van der Waals surface area contributed by atoms with Crippen LogP contribution < -0.4 is 0 Å². The molecule has 0 aliphatic rings. The van der Waals surface area contributed by atoms with Gasteiger partial charge in [0.2, 0.25) is 0 Å². The first-order chi connectivity index (χ1) is 6.43. The molecule has 5 heteroatoms. The van der Waals surface area contributed by atoms with Crippen LogP contribution in [0.5, 0.6) is 0 Å². The van der Waals surface area contributed by atoms with Crippen LogP contribution in [0.4, 0.5) is 17.6 Å². The zero-order valence-electron chi connectivity index (χ0n) is 7.36. The van der Waals surface area contributed by atoms with E-state index < -0.39 is 17.6 Å². The zero-order chi connectivity index (χ0) is 10.8. The largest absolute Gasteiger partial charge is 0.416 e. The summed E-state index contributed by atoms with van der Waals surface area (Å²) in [7, 11) is 1.33. The number of halogens is 4. The summed E-state index contributed by atoms with van der Waals surface area (Å²) in [6.07, 6.45) is -4.52. The lowest BCUT2D eigenvalue weighted by Crippen LogP contribution is -2.06. The quantitative estimate of drug-likeness (QED) is 0.679. The molecule has 0 aromatic heterocycles. The van der Waals surface area contributed by atoms with Gasteiger partial charge in [-0.05, 0) is 23.8 Å². The highest BCUT2D eigenvalue weighted by molar-refractivity contribution is 5.26. The van der Waals surface area contributed by atoms with Crippen molar-refractivity contribution in [2.75, 3.05) is 7.11 Å². The molecule has 0 atom stereocenters. The fourth-order valence-corrected chi connectivity index (χ4v) is 1.06. The molecule has 0 radical (unpaired) electrons. The van der Waals surface area contributed by atoms with Crippen molar-refractivity contribution < 1.29 is 22.3 Å². The number of rotatable bonds is 2. The Kier molecular flexibility index (Phi) is 3.10. The second kappa shape index (κ2) is 3.96. The van der Waals surface area contributed by atoms with E-state index >= 15 is 0 Å². The van der Waals surface area contributed by atoms with Crippen LogP contribution in [0.2, 0.25) is 0 Å². The molecule has 0 spiro atoms. The second-order valence-corrected chi connectivity index (χ2v) is 2.78. The summed E-state index contributed by atoms with van der Waals surface area (Å²) in [6, 6.07) is 2.34. The van der Waals surface area contributed by atoms with Crippen molar-refractivity contribution in [1.82, 2.24) is 0 Å². The average Bonchev–Trinajstić information content (AvgIpc) is 2.02. The first-order valence-corrected chi connectivity index (χ1v) is 3.79. The van der Waals surface area contributed by atoms with Crippen LogP contribution in [0.15, 0.2) is 18.2 Å². The van der Waals surface area contributed by atoms with E-state index in [2.05, 4.69) is 4.74 Å². The minimum atomic E-state index is -4.52. The molecule has 0 aliphatic carbocycles. The van der Waals surface area contributed by atoms with Gasteiger partial charge in [-0.25, -0.2) is 4.39 Å². The molecule has 0 saturated carbocycles. The second-order valence-electron chi connectivity index (χ2n) is 2.78. The van der Waals surface area contributed by atoms with Crippen molar-refractivity contribution in [3.63, 3.8) is 0 Å². The minimum Gasteiger partial charge on any atom is -0.380 e. The summed E-state index contributed by atoms with van der Waals surface area (Å²) in [6.45, 7) is -0.0408. The van der Waals surface area contributed by atoms with Crippen molar-refractivity contribution in [2.45, 2.75) is 12.8 Å². The molecule has 0 heterocycles. The number of methoxy groups -OCH3 is 1. The van der Waals surface area contributed by atoms with Gasteiger partial charge in [-0.15, -0.1) is 0 Å².